The molecule has 0 N–H and O–H groups in total. The van der Waals surface area contributed by atoms with Gasteiger partial charge in [-0.15, -0.1) is 0 Å². The molecule has 2 atom stereocenters. The van der Waals surface area contributed by atoms with Crippen molar-refractivity contribution in [2.75, 3.05) is 40.3 Å². The minimum Gasteiger partial charge on any atom is -0.325 e. The summed E-state index contributed by atoms with van der Waals surface area (Å²) < 4.78 is 64.6. The summed E-state index contributed by atoms with van der Waals surface area (Å²) in [5, 5.41) is -1.66. The van der Waals surface area contributed by atoms with Crippen molar-refractivity contribution in [3.8, 4) is 0 Å². The van der Waals surface area contributed by atoms with Crippen LogP contribution < -0.4 is 0 Å². The van der Waals surface area contributed by atoms with E-state index >= 15 is 0 Å². The molecule has 1 aliphatic rings. The first-order valence-corrected chi connectivity index (χ1v) is 8.49. The summed E-state index contributed by atoms with van der Waals surface area (Å²) in [4.78, 5) is 14.6. The molecule has 1 saturated heterocycles. The molecule has 1 fully saturated rings. The smallest absolute Gasteiger partial charge is 0.325 e. The van der Waals surface area contributed by atoms with Crippen molar-refractivity contribution >= 4 is 16.1 Å². The van der Waals surface area contributed by atoms with Gasteiger partial charge in [0.15, 0.2) is 0 Å². The standard InChI is InChI=1S/C12H22F3N3O3S/c1-5-17(6-2)11(19)18-7-9(12(13,14)15)10(8-18)22(20,21)16(3)4/h9-10H,5-8H2,1-4H3/t9-,10-/m0/s1. The minimum atomic E-state index is -4.67. The summed E-state index contributed by atoms with van der Waals surface area (Å²) in [6.07, 6.45) is -4.67. The van der Waals surface area contributed by atoms with E-state index in [9.17, 15) is 26.4 Å². The van der Waals surface area contributed by atoms with E-state index in [2.05, 4.69) is 0 Å². The molecule has 0 aromatic rings. The molecule has 0 unspecified atom stereocenters. The monoisotopic (exact) mass is 345 g/mol. The highest BCUT2D eigenvalue weighted by Crippen LogP contribution is 2.38. The molecule has 0 aliphatic carbocycles. The van der Waals surface area contributed by atoms with Crippen molar-refractivity contribution in [2.24, 2.45) is 5.92 Å². The largest absolute Gasteiger partial charge is 0.394 e. The summed E-state index contributed by atoms with van der Waals surface area (Å²) in [5.41, 5.74) is 0. The van der Waals surface area contributed by atoms with Gasteiger partial charge in [0.25, 0.3) is 0 Å². The average Bonchev–Trinajstić information content (AvgIpc) is 2.85. The Balaban J connectivity index is 3.10. The second-order valence-corrected chi connectivity index (χ2v) is 7.74. The van der Waals surface area contributed by atoms with E-state index in [-0.39, 0.29) is 0 Å². The summed E-state index contributed by atoms with van der Waals surface area (Å²) >= 11 is 0. The first-order valence-electron chi connectivity index (χ1n) is 6.98. The molecule has 1 heterocycles. The summed E-state index contributed by atoms with van der Waals surface area (Å²) in [7, 11) is -1.73. The van der Waals surface area contributed by atoms with Crippen molar-refractivity contribution in [2.45, 2.75) is 25.3 Å². The number of rotatable bonds is 4. The van der Waals surface area contributed by atoms with E-state index in [0.717, 1.165) is 9.21 Å². The maximum absolute atomic E-state index is 13.2. The zero-order chi connectivity index (χ0) is 17.3. The first kappa shape index (κ1) is 19.0. The third-order valence-corrected chi connectivity index (χ3v) is 6.14. The molecule has 1 aliphatic heterocycles. The highest BCUT2D eigenvalue weighted by molar-refractivity contribution is 7.89. The number of hydrogen-bond donors (Lipinski definition) is 0. The maximum atomic E-state index is 13.2. The molecule has 10 heteroatoms. The van der Waals surface area contributed by atoms with Crippen molar-refractivity contribution < 1.29 is 26.4 Å². The van der Waals surface area contributed by atoms with Crippen LogP contribution in [0.2, 0.25) is 0 Å². The number of alkyl halides is 3. The van der Waals surface area contributed by atoms with Crippen LogP contribution in [0.15, 0.2) is 0 Å². The van der Waals surface area contributed by atoms with Gasteiger partial charge >= 0.3 is 12.2 Å². The number of halogens is 3. The molecule has 1 rings (SSSR count). The Bertz CT molecular complexity index is 503. The van der Waals surface area contributed by atoms with E-state index in [1.54, 1.807) is 13.8 Å². The molecule has 22 heavy (non-hydrogen) atoms. The first-order chi connectivity index (χ1) is 9.96. The van der Waals surface area contributed by atoms with Crippen LogP contribution in [0.5, 0.6) is 0 Å². The number of hydrogen-bond acceptors (Lipinski definition) is 3. The molecule has 0 aromatic carbocycles. The summed E-state index contributed by atoms with van der Waals surface area (Å²) in [6, 6.07) is -0.560. The second kappa shape index (κ2) is 6.61. The third-order valence-electron chi connectivity index (χ3n) is 3.88. The Labute approximate surface area is 128 Å². The quantitative estimate of drug-likeness (QED) is 0.769. The van der Waals surface area contributed by atoms with Crippen LogP contribution in [0.4, 0.5) is 18.0 Å². The van der Waals surface area contributed by atoms with Gasteiger partial charge in [-0.25, -0.2) is 17.5 Å². The predicted octanol–water partition coefficient (Wildman–Crippen LogP) is 1.20. The van der Waals surface area contributed by atoms with Crippen molar-refractivity contribution in [3.05, 3.63) is 0 Å². The van der Waals surface area contributed by atoms with Crippen molar-refractivity contribution in [1.82, 2.24) is 14.1 Å². The topological polar surface area (TPSA) is 60.9 Å². The number of sulfonamides is 1. The number of amides is 2. The Morgan fingerprint density at radius 3 is 2.05 bits per heavy atom. The number of likely N-dealkylation sites (tertiary alicyclic amines) is 1. The van der Waals surface area contributed by atoms with Crippen LogP contribution in [0.1, 0.15) is 13.8 Å². The van der Waals surface area contributed by atoms with Crippen molar-refractivity contribution in [3.63, 3.8) is 0 Å². The highest BCUT2D eigenvalue weighted by atomic mass is 32.2. The van der Waals surface area contributed by atoms with Gasteiger partial charge in [-0.3, -0.25) is 0 Å². The molecular formula is C12H22F3N3O3S. The van der Waals surface area contributed by atoms with Gasteiger partial charge in [0.05, 0.1) is 5.92 Å². The average molecular weight is 345 g/mol. The lowest BCUT2D eigenvalue weighted by atomic mass is 10.1. The van der Waals surface area contributed by atoms with Gasteiger partial charge in [0.1, 0.15) is 5.25 Å². The van der Waals surface area contributed by atoms with E-state index in [4.69, 9.17) is 0 Å². The maximum Gasteiger partial charge on any atom is 0.394 e. The highest BCUT2D eigenvalue weighted by Gasteiger charge is 2.56. The van der Waals surface area contributed by atoms with Gasteiger partial charge in [-0.2, -0.15) is 13.2 Å². The Kier molecular flexibility index (Phi) is 5.71. The summed E-state index contributed by atoms with van der Waals surface area (Å²) in [5.74, 6) is -2.07. The number of carbonyl (C=O) groups is 1. The Hall–Kier alpha value is -1.03. The van der Waals surface area contributed by atoms with Crippen LogP contribution in [-0.2, 0) is 10.0 Å². The zero-order valence-corrected chi connectivity index (χ0v) is 13.9. The van der Waals surface area contributed by atoms with E-state index in [1.807, 2.05) is 0 Å². The molecular weight excluding hydrogens is 323 g/mol. The number of nitrogens with zero attached hydrogens (tertiary/aromatic N) is 3. The SMILES string of the molecule is CCN(CC)C(=O)N1C[C@H](C(F)(F)F)[C@@H](S(=O)(=O)N(C)C)C1. The molecule has 0 aromatic heterocycles. The lowest BCUT2D eigenvalue weighted by Gasteiger charge is -2.26. The third kappa shape index (κ3) is 3.65. The molecule has 2 amide bonds. The predicted molar refractivity (Wildman–Crippen MR) is 75.8 cm³/mol. The minimum absolute atomic E-state index is 0.355. The lowest BCUT2D eigenvalue weighted by Crippen LogP contribution is -2.44. The normalized spacial score (nSPS) is 23.2. The fourth-order valence-electron chi connectivity index (χ4n) is 2.51. The van der Waals surface area contributed by atoms with Crippen LogP contribution in [0.25, 0.3) is 0 Å². The van der Waals surface area contributed by atoms with E-state index in [1.165, 1.54) is 19.0 Å². The molecule has 130 valence electrons. The zero-order valence-electron chi connectivity index (χ0n) is 13.1. The molecule has 0 radical (unpaired) electrons. The molecule has 0 saturated carbocycles. The fraction of sp³-hybridized carbons (Fsp3) is 0.917. The van der Waals surface area contributed by atoms with Gasteiger partial charge in [0.2, 0.25) is 10.0 Å². The number of carbonyl (C=O) groups excluding carboxylic acids is 1. The fourth-order valence-corrected chi connectivity index (χ4v) is 4.08. The second-order valence-electron chi connectivity index (χ2n) is 5.37. The van der Waals surface area contributed by atoms with Gasteiger partial charge in [-0.05, 0) is 13.8 Å². The van der Waals surface area contributed by atoms with Crippen LogP contribution in [-0.4, -0.2) is 80.3 Å². The van der Waals surface area contributed by atoms with Crippen LogP contribution >= 0.6 is 0 Å². The molecule has 0 spiro atoms. The van der Waals surface area contributed by atoms with Crippen LogP contribution in [0.3, 0.4) is 0 Å². The van der Waals surface area contributed by atoms with E-state index < -0.39 is 46.5 Å². The van der Waals surface area contributed by atoms with E-state index in [0.29, 0.717) is 13.1 Å². The lowest BCUT2D eigenvalue weighted by molar-refractivity contribution is -0.169. The van der Waals surface area contributed by atoms with Crippen molar-refractivity contribution in [1.29, 1.82) is 0 Å². The molecule has 0 bridgehead atoms. The Morgan fingerprint density at radius 2 is 1.68 bits per heavy atom. The Morgan fingerprint density at radius 1 is 1.18 bits per heavy atom. The summed E-state index contributed by atoms with van der Waals surface area (Å²) in [6.45, 7) is 3.07. The molecule has 6 nitrogen and oxygen atoms in total. The van der Waals surface area contributed by atoms with Gasteiger partial charge in [-0.1, -0.05) is 0 Å². The van der Waals surface area contributed by atoms with Crippen LogP contribution in [0, 0.1) is 5.92 Å². The van der Waals surface area contributed by atoms with Gasteiger partial charge < -0.3 is 9.80 Å². The van der Waals surface area contributed by atoms with Gasteiger partial charge in [0, 0.05) is 40.3 Å². The number of urea groups is 1.